The molecule has 4 heteroatoms. The average molecular weight is 283 g/mol. The Morgan fingerprint density at radius 1 is 1.35 bits per heavy atom. The molecule has 2 rings (SSSR count). The van der Waals surface area contributed by atoms with Crippen molar-refractivity contribution in [2.75, 3.05) is 53.5 Å². The molecule has 2 saturated heterocycles. The zero-order valence-electron chi connectivity index (χ0n) is 14.0. The maximum absolute atomic E-state index is 5.73. The van der Waals surface area contributed by atoms with Crippen molar-refractivity contribution in [3.8, 4) is 0 Å². The van der Waals surface area contributed by atoms with Crippen molar-refractivity contribution in [2.45, 2.75) is 39.3 Å². The summed E-state index contributed by atoms with van der Waals surface area (Å²) in [5.41, 5.74) is 0.325. The number of nitrogens with one attached hydrogen (secondary N) is 1. The molecular weight excluding hydrogens is 250 g/mol. The Morgan fingerprint density at radius 2 is 2.10 bits per heavy atom. The number of likely N-dealkylation sites (tertiary alicyclic amines) is 1. The van der Waals surface area contributed by atoms with Crippen LogP contribution in [0.5, 0.6) is 0 Å². The largest absolute Gasteiger partial charge is 0.381 e. The summed E-state index contributed by atoms with van der Waals surface area (Å²) >= 11 is 0. The molecule has 0 radical (unpaired) electrons. The second kappa shape index (κ2) is 6.73. The highest BCUT2D eigenvalue weighted by Crippen LogP contribution is 2.32. The van der Waals surface area contributed by atoms with Gasteiger partial charge in [0.1, 0.15) is 0 Å². The zero-order chi connectivity index (χ0) is 14.8. The van der Waals surface area contributed by atoms with Crippen molar-refractivity contribution in [1.29, 1.82) is 0 Å². The van der Waals surface area contributed by atoms with Crippen LogP contribution in [0.4, 0.5) is 0 Å². The molecule has 118 valence electrons. The monoisotopic (exact) mass is 283 g/mol. The van der Waals surface area contributed by atoms with Gasteiger partial charge in [-0.25, -0.2) is 0 Å². The summed E-state index contributed by atoms with van der Waals surface area (Å²) in [6, 6.07) is 1.26. The molecule has 0 aromatic heterocycles. The first-order valence-corrected chi connectivity index (χ1v) is 8.12. The van der Waals surface area contributed by atoms with Crippen LogP contribution < -0.4 is 5.32 Å². The van der Waals surface area contributed by atoms with Gasteiger partial charge in [0.15, 0.2) is 0 Å². The van der Waals surface area contributed by atoms with Gasteiger partial charge in [0.2, 0.25) is 0 Å². The van der Waals surface area contributed by atoms with Gasteiger partial charge in [0.05, 0.1) is 6.61 Å². The van der Waals surface area contributed by atoms with Crippen LogP contribution in [0.2, 0.25) is 0 Å². The molecule has 0 spiro atoms. The number of nitrogens with zero attached hydrogens (tertiary/aromatic N) is 2. The fraction of sp³-hybridized carbons (Fsp3) is 1.00. The van der Waals surface area contributed by atoms with Crippen LogP contribution in [-0.4, -0.2) is 75.4 Å². The molecule has 0 aromatic carbocycles. The third-order valence-electron chi connectivity index (χ3n) is 4.94. The van der Waals surface area contributed by atoms with Crippen molar-refractivity contribution in [1.82, 2.24) is 15.1 Å². The molecule has 0 saturated carbocycles. The van der Waals surface area contributed by atoms with Crippen LogP contribution >= 0.6 is 0 Å². The number of hydrogen-bond acceptors (Lipinski definition) is 4. The number of hydrogen-bond donors (Lipinski definition) is 1. The Labute approximate surface area is 124 Å². The second-order valence-corrected chi connectivity index (χ2v) is 7.54. The Morgan fingerprint density at radius 3 is 2.60 bits per heavy atom. The van der Waals surface area contributed by atoms with E-state index in [1.165, 1.54) is 26.1 Å². The molecule has 0 bridgehead atoms. The smallest absolute Gasteiger partial charge is 0.0547 e. The zero-order valence-corrected chi connectivity index (χ0v) is 14.0. The van der Waals surface area contributed by atoms with Gasteiger partial charge in [-0.1, -0.05) is 20.8 Å². The molecule has 2 heterocycles. The van der Waals surface area contributed by atoms with E-state index in [1.807, 2.05) is 0 Å². The summed E-state index contributed by atoms with van der Waals surface area (Å²) in [4.78, 5) is 5.04. The molecule has 3 unspecified atom stereocenters. The molecule has 0 aromatic rings. The van der Waals surface area contributed by atoms with E-state index in [0.29, 0.717) is 17.5 Å². The third-order valence-corrected chi connectivity index (χ3v) is 4.94. The van der Waals surface area contributed by atoms with Crippen LogP contribution in [0, 0.1) is 11.3 Å². The van der Waals surface area contributed by atoms with Crippen molar-refractivity contribution in [3.63, 3.8) is 0 Å². The molecule has 20 heavy (non-hydrogen) atoms. The van der Waals surface area contributed by atoms with Crippen molar-refractivity contribution < 1.29 is 4.74 Å². The van der Waals surface area contributed by atoms with Gasteiger partial charge in [0.25, 0.3) is 0 Å². The van der Waals surface area contributed by atoms with Crippen molar-refractivity contribution >= 4 is 0 Å². The lowest BCUT2D eigenvalue weighted by molar-refractivity contribution is 0.113. The van der Waals surface area contributed by atoms with Crippen LogP contribution in [0.3, 0.4) is 0 Å². The van der Waals surface area contributed by atoms with E-state index in [0.717, 1.165) is 25.7 Å². The average Bonchev–Trinajstić information content (AvgIpc) is 2.95. The topological polar surface area (TPSA) is 27.7 Å². The highest BCUT2D eigenvalue weighted by atomic mass is 16.5. The maximum atomic E-state index is 5.73. The van der Waals surface area contributed by atoms with Crippen LogP contribution in [-0.2, 0) is 4.74 Å². The van der Waals surface area contributed by atoms with E-state index in [4.69, 9.17) is 4.74 Å². The van der Waals surface area contributed by atoms with E-state index in [1.54, 1.807) is 0 Å². The Hall–Kier alpha value is -0.160. The molecule has 2 aliphatic heterocycles. The normalized spacial score (nSPS) is 35.5. The van der Waals surface area contributed by atoms with Gasteiger partial charge in [0, 0.05) is 50.3 Å². The van der Waals surface area contributed by atoms with E-state index in [9.17, 15) is 0 Å². The summed E-state index contributed by atoms with van der Waals surface area (Å²) in [6.07, 6.45) is 1.20. The van der Waals surface area contributed by atoms with Gasteiger partial charge in [-0.3, -0.25) is 0 Å². The van der Waals surface area contributed by atoms with Crippen LogP contribution in [0.1, 0.15) is 27.2 Å². The summed E-state index contributed by atoms with van der Waals surface area (Å²) < 4.78 is 5.73. The lowest BCUT2D eigenvalue weighted by atomic mass is 9.86. The fourth-order valence-corrected chi connectivity index (χ4v) is 3.71. The molecule has 4 nitrogen and oxygen atoms in total. The fourth-order valence-electron chi connectivity index (χ4n) is 3.71. The third kappa shape index (κ3) is 3.94. The minimum absolute atomic E-state index is 0.325. The molecule has 0 amide bonds. The lowest BCUT2D eigenvalue weighted by Crippen LogP contribution is -2.46. The predicted octanol–water partition coefficient (Wildman–Crippen LogP) is 1.27. The van der Waals surface area contributed by atoms with E-state index in [2.05, 4.69) is 50.0 Å². The van der Waals surface area contributed by atoms with Crippen LogP contribution in [0.15, 0.2) is 0 Å². The van der Waals surface area contributed by atoms with Gasteiger partial charge >= 0.3 is 0 Å². The second-order valence-electron chi connectivity index (χ2n) is 7.54. The molecule has 2 aliphatic rings. The summed E-state index contributed by atoms with van der Waals surface area (Å²) in [5, 5.41) is 3.63. The minimum atomic E-state index is 0.325. The van der Waals surface area contributed by atoms with Gasteiger partial charge in [-0.15, -0.1) is 0 Å². The van der Waals surface area contributed by atoms with Crippen molar-refractivity contribution in [3.05, 3.63) is 0 Å². The minimum Gasteiger partial charge on any atom is -0.381 e. The number of ether oxygens (including phenoxy) is 1. The van der Waals surface area contributed by atoms with E-state index >= 15 is 0 Å². The highest BCUT2D eigenvalue weighted by molar-refractivity contribution is 4.94. The van der Waals surface area contributed by atoms with Crippen LogP contribution in [0.25, 0.3) is 0 Å². The molecule has 3 atom stereocenters. The SMILES string of the molecule is CC(C)NCC1(CN2CC(C)C(N(C)C)C2)CCOC1. The molecular formula is C16H33N3O. The summed E-state index contributed by atoms with van der Waals surface area (Å²) in [7, 11) is 4.42. The van der Waals surface area contributed by atoms with Gasteiger partial charge in [-0.2, -0.15) is 0 Å². The number of likely N-dealkylation sites (N-methyl/N-ethyl adjacent to an activating group) is 1. The molecule has 1 N–H and O–H groups in total. The van der Waals surface area contributed by atoms with Gasteiger partial charge in [-0.05, 0) is 26.4 Å². The first-order chi connectivity index (χ1) is 9.42. The lowest BCUT2D eigenvalue weighted by Gasteiger charge is -2.33. The quantitative estimate of drug-likeness (QED) is 0.794. The summed E-state index contributed by atoms with van der Waals surface area (Å²) in [6.45, 7) is 13.4. The first-order valence-electron chi connectivity index (χ1n) is 8.12. The first kappa shape index (κ1) is 16.2. The highest BCUT2D eigenvalue weighted by Gasteiger charge is 2.40. The maximum Gasteiger partial charge on any atom is 0.0547 e. The Kier molecular flexibility index (Phi) is 5.46. The summed E-state index contributed by atoms with van der Waals surface area (Å²) in [5.74, 6) is 0.766. The van der Waals surface area contributed by atoms with Gasteiger partial charge < -0.3 is 19.9 Å². The van der Waals surface area contributed by atoms with E-state index < -0.39 is 0 Å². The van der Waals surface area contributed by atoms with Crippen molar-refractivity contribution in [2.24, 2.45) is 11.3 Å². The standard InChI is InChI=1S/C16H33N3O/c1-13(2)17-10-16(6-7-20-12-16)11-19-8-14(3)15(9-19)18(4)5/h13-15,17H,6-12H2,1-5H3. The number of rotatable bonds is 6. The Bertz CT molecular complexity index is 300. The molecule has 2 fully saturated rings. The Balaban J connectivity index is 1.92. The van der Waals surface area contributed by atoms with E-state index in [-0.39, 0.29) is 0 Å². The predicted molar refractivity (Wildman–Crippen MR) is 84.1 cm³/mol. The molecule has 0 aliphatic carbocycles.